The third-order valence-electron chi connectivity index (χ3n) is 3.88. The monoisotopic (exact) mass is 388 g/mol. The lowest BCUT2D eigenvalue weighted by atomic mass is 10.2. The van der Waals surface area contributed by atoms with Crippen LogP contribution in [0.5, 0.6) is 0 Å². The van der Waals surface area contributed by atoms with Crippen LogP contribution in [0.4, 0.5) is 5.95 Å². The summed E-state index contributed by atoms with van der Waals surface area (Å²) in [6.45, 7) is 2.25. The summed E-state index contributed by atoms with van der Waals surface area (Å²) in [6.07, 6.45) is 1.92. The van der Waals surface area contributed by atoms with Crippen molar-refractivity contribution in [2.45, 2.75) is 18.4 Å². The molecule has 26 heavy (non-hydrogen) atoms. The van der Waals surface area contributed by atoms with Crippen molar-refractivity contribution >= 4 is 46.1 Å². The first-order chi connectivity index (χ1) is 12.5. The summed E-state index contributed by atoms with van der Waals surface area (Å²) in [4.78, 5) is 30.4. The number of para-hydroxylation sites is 1. The van der Waals surface area contributed by atoms with E-state index in [0.717, 1.165) is 4.90 Å². The van der Waals surface area contributed by atoms with Gasteiger partial charge in [-0.15, -0.1) is 11.8 Å². The lowest BCUT2D eigenvalue weighted by Gasteiger charge is -2.14. The molecule has 0 unspecified atom stereocenters. The summed E-state index contributed by atoms with van der Waals surface area (Å²) in [5, 5.41) is 0.878. The van der Waals surface area contributed by atoms with Crippen molar-refractivity contribution in [2.75, 3.05) is 11.7 Å². The van der Waals surface area contributed by atoms with Crippen LogP contribution >= 0.6 is 23.4 Å². The van der Waals surface area contributed by atoms with E-state index < -0.39 is 5.91 Å². The van der Waals surface area contributed by atoms with Crippen LogP contribution in [0.15, 0.2) is 52.2 Å². The average molecular weight is 389 g/mol. The van der Waals surface area contributed by atoms with Crippen molar-refractivity contribution in [2.24, 2.45) is 0 Å². The number of aromatic nitrogens is 2. The number of benzene rings is 2. The van der Waals surface area contributed by atoms with Crippen LogP contribution in [-0.4, -0.2) is 21.7 Å². The Morgan fingerprint density at radius 1 is 1.27 bits per heavy atom. The van der Waals surface area contributed by atoms with E-state index in [9.17, 15) is 9.59 Å². The first-order valence-corrected chi connectivity index (χ1v) is 9.55. The molecular formula is C18H17ClN4O2S. The van der Waals surface area contributed by atoms with Crippen molar-refractivity contribution in [3.8, 4) is 0 Å². The van der Waals surface area contributed by atoms with Gasteiger partial charge in [-0.3, -0.25) is 25.0 Å². The zero-order valence-electron chi connectivity index (χ0n) is 14.2. The first kappa shape index (κ1) is 18.3. The van der Waals surface area contributed by atoms with Crippen LogP contribution in [0.25, 0.3) is 10.9 Å². The lowest BCUT2D eigenvalue weighted by Crippen LogP contribution is -2.34. The highest BCUT2D eigenvalue weighted by Gasteiger charge is 2.14. The van der Waals surface area contributed by atoms with E-state index in [0.29, 0.717) is 28.0 Å². The Morgan fingerprint density at radius 2 is 2.04 bits per heavy atom. The van der Waals surface area contributed by atoms with Crippen LogP contribution in [0, 0.1) is 0 Å². The zero-order chi connectivity index (χ0) is 18.7. The summed E-state index contributed by atoms with van der Waals surface area (Å²) in [5.74, 6) is -0.141. The number of hydrogen-bond acceptors (Lipinski definition) is 5. The smallest absolute Gasteiger partial charge is 0.271 e. The number of anilines is 1. The lowest BCUT2D eigenvalue weighted by molar-refractivity contribution is 0.0962. The Labute approximate surface area is 159 Å². The second-order valence-corrected chi connectivity index (χ2v) is 6.71. The molecule has 0 atom stereocenters. The molecule has 1 amide bonds. The van der Waals surface area contributed by atoms with Gasteiger partial charge in [0.15, 0.2) is 0 Å². The maximum absolute atomic E-state index is 12.6. The number of thioether (sulfide) groups is 1. The van der Waals surface area contributed by atoms with Gasteiger partial charge >= 0.3 is 0 Å². The fourth-order valence-electron chi connectivity index (χ4n) is 2.54. The van der Waals surface area contributed by atoms with Crippen molar-refractivity contribution in [1.29, 1.82) is 0 Å². The number of nitrogens with zero attached hydrogens (tertiary/aromatic N) is 2. The van der Waals surface area contributed by atoms with Gasteiger partial charge in [-0.05, 0) is 43.5 Å². The molecule has 2 aromatic carbocycles. The van der Waals surface area contributed by atoms with Crippen LogP contribution in [0.2, 0.25) is 5.02 Å². The first-order valence-electron chi connectivity index (χ1n) is 7.94. The molecule has 8 heteroatoms. The molecule has 0 spiro atoms. The van der Waals surface area contributed by atoms with E-state index in [-0.39, 0.29) is 11.5 Å². The number of nitrogens with one attached hydrogen (secondary N) is 2. The van der Waals surface area contributed by atoms with Gasteiger partial charge < -0.3 is 0 Å². The SMILES string of the molecule is CCn1c(NNC(=O)c2cc(SC)ccc2Cl)nc2ccccc2c1=O. The summed E-state index contributed by atoms with van der Waals surface area (Å²) in [7, 11) is 0. The Hall–Kier alpha value is -2.51. The molecule has 2 N–H and O–H groups in total. The topological polar surface area (TPSA) is 76.0 Å². The van der Waals surface area contributed by atoms with E-state index in [1.165, 1.54) is 16.3 Å². The summed E-state index contributed by atoms with van der Waals surface area (Å²) in [6, 6.07) is 12.3. The Balaban J connectivity index is 1.90. The molecule has 0 aliphatic heterocycles. The molecule has 0 saturated carbocycles. The van der Waals surface area contributed by atoms with Crippen molar-refractivity contribution < 1.29 is 4.79 Å². The molecule has 1 heterocycles. The predicted octanol–water partition coefficient (Wildman–Crippen LogP) is 3.55. The number of carbonyl (C=O) groups excluding carboxylic acids is 1. The molecule has 134 valence electrons. The van der Waals surface area contributed by atoms with E-state index in [4.69, 9.17) is 11.6 Å². The van der Waals surface area contributed by atoms with E-state index in [2.05, 4.69) is 15.8 Å². The summed E-state index contributed by atoms with van der Waals surface area (Å²) < 4.78 is 1.46. The highest BCUT2D eigenvalue weighted by Crippen LogP contribution is 2.23. The number of rotatable bonds is 5. The van der Waals surface area contributed by atoms with Gasteiger partial charge in [0.2, 0.25) is 5.95 Å². The van der Waals surface area contributed by atoms with Crippen molar-refractivity contribution in [3.63, 3.8) is 0 Å². The van der Waals surface area contributed by atoms with Crippen LogP contribution in [-0.2, 0) is 6.54 Å². The third-order valence-corrected chi connectivity index (χ3v) is 4.94. The second kappa shape index (κ2) is 7.80. The Morgan fingerprint density at radius 3 is 2.77 bits per heavy atom. The molecule has 0 bridgehead atoms. The maximum atomic E-state index is 12.6. The highest BCUT2D eigenvalue weighted by atomic mass is 35.5. The molecule has 6 nitrogen and oxygen atoms in total. The molecule has 3 aromatic rings. The van der Waals surface area contributed by atoms with Gasteiger partial charge in [-0.25, -0.2) is 4.98 Å². The van der Waals surface area contributed by atoms with Crippen LogP contribution in [0.1, 0.15) is 17.3 Å². The van der Waals surface area contributed by atoms with Gasteiger partial charge in [-0.2, -0.15) is 0 Å². The van der Waals surface area contributed by atoms with Crippen LogP contribution < -0.4 is 16.4 Å². The second-order valence-electron chi connectivity index (χ2n) is 5.43. The summed E-state index contributed by atoms with van der Waals surface area (Å²) >= 11 is 7.64. The van der Waals surface area contributed by atoms with E-state index in [1.807, 2.05) is 19.2 Å². The predicted molar refractivity (Wildman–Crippen MR) is 106 cm³/mol. The van der Waals surface area contributed by atoms with E-state index in [1.54, 1.807) is 36.4 Å². The number of hydrazine groups is 1. The third kappa shape index (κ3) is 3.54. The number of hydrogen-bond donors (Lipinski definition) is 2. The van der Waals surface area contributed by atoms with Gasteiger partial charge in [0.05, 0.1) is 21.5 Å². The standard InChI is InChI=1S/C18H17ClN4O2S/c1-3-23-17(25)12-6-4-5-7-15(12)20-18(23)22-21-16(24)13-10-11(26-2)8-9-14(13)19/h4-10H,3H2,1-2H3,(H,20,22)(H,21,24). The Kier molecular flexibility index (Phi) is 5.49. The zero-order valence-corrected chi connectivity index (χ0v) is 15.8. The fourth-order valence-corrected chi connectivity index (χ4v) is 3.19. The molecule has 3 rings (SSSR count). The van der Waals surface area contributed by atoms with E-state index >= 15 is 0 Å². The van der Waals surface area contributed by atoms with Crippen molar-refractivity contribution in [3.05, 3.63) is 63.4 Å². The molecule has 0 saturated heterocycles. The highest BCUT2D eigenvalue weighted by molar-refractivity contribution is 7.98. The minimum atomic E-state index is -0.407. The average Bonchev–Trinajstić information content (AvgIpc) is 2.66. The molecule has 0 aliphatic carbocycles. The van der Waals surface area contributed by atoms with Gasteiger partial charge in [0.25, 0.3) is 11.5 Å². The Bertz CT molecular complexity index is 1040. The normalized spacial score (nSPS) is 10.7. The number of fused-ring (bicyclic) bond motifs is 1. The molecule has 0 radical (unpaired) electrons. The molecule has 1 aromatic heterocycles. The minimum Gasteiger partial charge on any atom is -0.277 e. The fraction of sp³-hybridized carbons (Fsp3) is 0.167. The molecule has 0 fully saturated rings. The molecular weight excluding hydrogens is 372 g/mol. The van der Waals surface area contributed by atoms with Gasteiger partial charge in [-0.1, -0.05) is 23.7 Å². The minimum absolute atomic E-state index is 0.169. The maximum Gasteiger partial charge on any atom is 0.271 e. The number of carbonyl (C=O) groups is 1. The quantitative estimate of drug-likeness (QED) is 0.516. The van der Waals surface area contributed by atoms with Gasteiger partial charge in [0.1, 0.15) is 0 Å². The van der Waals surface area contributed by atoms with Crippen LogP contribution in [0.3, 0.4) is 0 Å². The largest absolute Gasteiger partial charge is 0.277 e. The van der Waals surface area contributed by atoms with Crippen molar-refractivity contribution in [1.82, 2.24) is 15.0 Å². The number of amides is 1. The number of halogens is 1. The molecule has 0 aliphatic rings. The summed E-state index contributed by atoms with van der Waals surface area (Å²) in [5.41, 5.74) is 6.05. The van der Waals surface area contributed by atoms with Gasteiger partial charge in [0, 0.05) is 11.4 Å².